The first-order valence-electron chi connectivity index (χ1n) is 8.10. The lowest BCUT2D eigenvalue weighted by molar-refractivity contribution is 0.454. The summed E-state index contributed by atoms with van der Waals surface area (Å²) in [5.41, 5.74) is 1.73. The number of benzene rings is 4. The maximum absolute atomic E-state index is 10.6. The third-order valence-electron chi connectivity index (χ3n) is 4.44. The maximum atomic E-state index is 10.6. The van der Waals surface area contributed by atoms with Crippen LogP contribution in [-0.2, 0) is 0 Å². The van der Waals surface area contributed by atoms with Gasteiger partial charge in [0.2, 0.25) is 0 Å². The highest BCUT2D eigenvalue weighted by Crippen LogP contribution is 2.52. The molecule has 0 unspecified atom stereocenters. The number of para-hydroxylation sites is 2. The van der Waals surface area contributed by atoms with Crippen LogP contribution in [0, 0.1) is 0 Å². The summed E-state index contributed by atoms with van der Waals surface area (Å²) in [5.74, 6) is 1.92. The van der Waals surface area contributed by atoms with Crippen LogP contribution in [0.3, 0.4) is 0 Å². The zero-order chi connectivity index (χ0) is 16.8. The molecule has 0 aliphatic carbocycles. The molecule has 0 saturated carbocycles. The van der Waals surface area contributed by atoms with Crippen molar-refractivity contribution in [2.24, 2.45) is 0 Å². The molecule has 0 fully saturated rings. The average molecular weight is 342 g/mol. The van der Waals surface area contributed by atoms with Crippen LogP contribution in [0.15, 0.2) is 88.7 Å². The predicted molar refractivity (Wildman–Crippen MR) is 102 cm³/mol. The highest BCUT2D eigenvalue weighted by Gasteiger charge is 2.23. The first kappa shape index (κ1) is 14.4. The number of ether oxygens (including phenoxy) is 1. The molecule has 0 spiro atoms. The van der Waals surface area contributed by atoms with Gasteiger partial charge in [-0.05, 0) is 35.0 Å². The molecule has 4 aromatic rings. The van der Waals surface area contributed by atoms with Crippen LogP contribution >= 0.6 is 11.8 Å². The zero-order valence-corrected chi connectivity index (χ0v) is 14.1. The van der Waals surface area contributed by atoms with E-state index in [0.29, 0.717) is 0 Å². The van der Waals surface area contributed by atoms with Crippen molar-refractivity contribution in [2.75, 3.05) is 0 Å². The van der Waals surface area contributed by atoms with Gasteiger partial charge in [0, 0.05) is 11.1 Å². The number of hydrogen-bond donors (Lipinski definition) is 1. The highest BCUT2D eigenvalue weighted by atomic mass is 32.2. The summed E-state index contributed by atoms with van der Waals surface area (Å²) >= 11 is 1.70. The van der Waals surface area contributed by atoms with Gasteiger partial charge in [-0.15, -0.1) is 0 Å². The van der Waals surface area contributed by atoms with Crippen LogP contribution in [-0.4, -0.2) is 5.11 Å². The van der Waals surface area contributed by atoms with E-state index in [4.69, 9.17) is 4.74 Å². The van der Waals surface area contributed by atoms with Gasteiger partial charge in [-0.1, -0.05) is 66.4 Å². The van der Waals surface area contributed by atoms with Crippen LogP contribution in [0.5, 0.6) is 17.2 Å². The Morgan fingerprint density at radius 3 is 2.48 bits per heavy atom. The van der Waals surface area contributed by atoms with E-state index in [2.05, 4.69) is 18.2 Å². The largest absolute Gasteiger partial charge is 0.507 e. The minimum Gasteiger partial charge on any atom is -0.507 e. The van der Waals surface area contributed by atoms with Crippen molar-refractivity contribution in [2.45, 2.75) is 9.79 Å². The van der Waals surface area contributed by atoms with Gasteiger partial charge in [-0.25, -0.2) is 0 Å². The first-order valence-corrected chi connectivity index (χ1v) is 8.92. The maximum Gasteiger partial charge on any atom is 0.149 e. The van der Waals surface area contributed by atoms with Crippen molar-refractivity contribution in [3.8, 4) is 28.4 Å². The van der Waals surface area contributed by atoms with Crippen molar-refractivity contribution >= 4 is 22.5 Å². The Morgan fingerprint density at radius 2 is 1.52 bits per heavy atom. The summed E-state index contributed by atoms with van der Waals surface area (Å²) in [7, 11) is 0. The molecule has 120 valence electrons. The summed E-state index contributed by atoms with van der Waals surface area (Å²) in [6, 6.07) is 25.9. The summed E-state index contributed by atoms with van der Waals surface area (Å²) in [6.45, 7) is 0. The van der Waals surface area contributed by atoms with Gasteiger partial charge in [0.25, 0.3) is 0 Å². The molecule has 0 amide bonds. The zero-order valence-electron chi connectivity index (χ0n) is 13.3. The van der Waals surface area contributed by atoms with Gasteiger partial charge in [-0.3, -0.25) is 0 Å². The summed E-state index contributed by atoms with van der Waals surface area (Å²) < 4.78 is 6.23. The van der Waals surface area contributed by atoms with Gasteiger partial charge < -0.3 is 9.84 Å². The van der Waals surface area contributed by atoms with E-state index >= 15 is 0 Å². The van der Waals surface area contributed by atoms with Gasteiger partial charge in [-0.2, -0.15) is 0 Å². The van der Waals surface area contributed by atoms with Gasteiger partial charge in [0.15, 0.2) is 0 Å². The second-order valence-electron chi connectivity index (χ2n) is 5.96. The topological polar surface area (TPSA) is 29.5 Å². The molecule has 0 aromatic heterocycles. The second-order valence-corrected chi connectivity index (χ2v) is 7.05. The highest BCUT2D eigenvalue weighted by molar-refractivity contribution is 7.99. The van der Waals surface area contributed by atoms with Crippen molar-refractivity contribution in [3.05, 3.63) is 78.9 Å². The molecule has 25 heavy (non-hydrogen) atoms. The SMILES string of the molecule is Oc1ccc2ccccc2c1-c1cccc2c1Oc1ccccc1S2. The Labute approximate surface area is 149 Å². The molecule has 4 aromatic carbocycles. The van der Waals surface area contributed by atoms with Crippen molar-refractivity contribution in [1.82, 2.24) is 0 Å². The number of rotatable bonds is 1. The van der Waals surface area contributed by atoms with E-state index < -0.39 is 0 Å². The van der Waals surface area contributed by atoms with Crippen molar-refractivity contribution in [3.63, 3.8) is 0 Å². The first-order chi connectivity index (χ1) is 12.3. The summed E-state index contributed by atoms with van der Waals surface area (Å²) in [5, 5.41) is 12.7. The van der Waals surface area contributed by atoms with Crippen LogP contribution in [0.4, 0.5) is 0 Å². The van der Waals surface area contributed by atoms with E-state index in [1.807, 2.05) is 54.6 Å². The van der Waals surface area contributed by atoms with Crippen LogP contribution in [0.25, 0.3) is 21.9 Å². The molecule has 5 rings (SSSR count). The number of fused-ring (bicyclic) bond motifs is 3. The Kier molecular flexibility index (Phi) is 3.22. The molecule has 1 aliphatic heterocycles. The molecule has 0 radical (unpaired) electrons. The Bertz CT molecular complexity index is 1120. The van der Waals surface area contributed by atoms with E-state index in [1.54, 1.807) is 17.8 Å². The van der Waals surface area contributed by atoms with E-state index in [1.165, 1.54) is 0 Å². The lowest BCUT2D eigenvalue weighted by Gasteiger charge is -2.22. The van der Waals surface area contributed by atoms with Gasteiger partial charge >= 0.3 is 0 Å². The minimum atomic E-state index is 0.263. The molecule has 2 nitrogen and oxygen atoms in total. The lowest BCUT2D eigenvalue weighted by Crippen LogP contribution is -1.97. The third-order valence-corrected chi connectivity index (χ3v) is 5.53. The fraction of sp³-hybridized carbons (Fsp3) is 0. The summed E-state index contributed by atoms with van der Waals surface area (Å²) in [4.78, 5) is 2.16. The Hall–Kier alpha value is -2.91. The normalized spacial score (nSPS) is 12.3. The number of phenolic OH excluding ortho intramolecular Hbond substituents is 1. The third kappa shape index (κ3) is 2.28. The quantitative estimate of drug-likeness (QED) is 0.378. The fourth-order valence-corrected chi connectivity index (χ4v) is 4.27. The van der Waals surface area contributed by atoms with Gasteiger partial charge in [0.1, 0.15) is 17.2 Å². The number of phenols is 1. The van der Waals surface area contributed by atoms with Crippen LogP contribution in [0.1, 0.15) is 0 Å². The smallest absolute Gasteiger partial charge is 0.149 e. The minimum absolute atomic E-state index is 0.263. The molecule has 0 bridgehead atoms. The predicted octanol–water partition coefficient (Wildman–Crippen LogP) is 6.47. The molecule has 1 heterocycles. The second kappa shape index (κ2) is 5.57. The van der Waals surface area contributed by atoms with Crippen molar-refractivity contribution < 1.29 is 9.84 Å². The lowest BCUT2D eigenvalue weighted by atomic mass is 9.96. The number of hydrogen-bond acceptors (Lipinski definition) is 3. The molecular formula is C22H14O2S. The van der Waals surface area contributed by atoms with E-state index in [-0.39, 0.29) is 5.75 Å². The molecule has 0 atom stereocenters. The average Bonchev–Trinajstić information content (AvgIpc) is 2.66. The molecular weight excluding hydrogens is 328 g/mol. The monoisotopic (exact) mass is 342 g/mol. The Morgan fingerprint density at radius 1 is 0.720 bits per heavy atom. The standard InChI is InChI=1S/C22H14O2S/c23-17-13-12-14-6-1-2-7-15(14)21(17)16-8-5-11-20-22(16)24-18-9-3-4-10-19(18)25-20/h1-13,23H. The molecule has 3 heteroatoms. The molecule has 1 N–H and O–H groups in total. The molecule has 1 aliphatic rings. The van der Waals surface area contributed by atoms with E-state index in [0.717, 1.165) is 43.2 Å². The molecule has 0 saturated heterocycles. The van der Waals surface area contributed by atoms with Crippen LogP contribution in [0.2, 0.25) is 0 Å². The van der Waals surface area contributed by atoms with Crippen molar-refractivity contribution in [1.29, 1.82) is 0 Å². The number of aromatic hydroxyl groups is 1. The van der Waals surface area contributed by atoms with E-state index in [9.17, 15) is 5.11 Å². The Balaban J connectivity index is 1.78. The van der Waals surface area contributed by atoms with Gasteiger partial charge in [0.05, 0.1) is 9.79 Å². The fourth-order valence-electron chi connectivity index (χ4n) is 3.29. The van der Waals surface area contributed by atoms with Crippen LogP contribution < -0.4 is 4.74 Å². The summed E-state index contributed by atoms with van der Waals surface area (Å²) in [6.07, 6.45) is 0.